The zero-order chi connectivity index (χ0) is 23.9. The Morgan fingerprint density at radius 3 is 2.46 bits per heavy atom. The molecule has 0 spiro atoms. The van der Waals surface area contributed by atoms with Gasteiger partial charge in [0.1, 0.15) is 11.6 Å². The van der Waals surface area contributed by atoms with E-state index >= 15 is 0 Å². The van der Waals surface area contributed by atoms with Gasteiger partial charge < -0.3 is 20.0 Å². The second-order valence-electron chi connectivity index (χ2n) is 8.30. The molecule has 0 aliphatic carbocycles. The van der Waals surface area contributed by atoms with Crippen LogP contribution >= 0.6 is 0 Å². The Morgan fingerprint density at radius 1 is 0.857 bits per heavy atom. The lowest BCUT2D eigenvalue weighted by Gasteiger charge is -2.37. The third-order valence-corrected chi connectivity index (χ3v) is 6.13. The van der Waals surface area contributed by atoms with Crippen molar-refractivity contribution >= 4 is 23.0 Å². The van der Waals surface area contributed by atoms with Crippen LogP contribution in [0.4, 0.5) is 26.1 Å². The van der Waals surface area contributed by atoms with Crippen LogP contribution in [0, 0.1) is 11.6 Å². The van der Waals surface area contributed by atoms with Crippen LogP contribution in [0.1, 0.15) is 0 Å². The minimum Gasteiger partial charge on any atom is -0.461 e. The van der Waals surface area contributed by atoms with Crippen LogP contribution < -0.4 is 15.5 Å². The standard InChI is InChI=1S/C25H21F2N7O/c26-17-6-7-21(19(27)14-17)33-10-8-32(9-11-33)18-4-1-3-16(13-18)20-15-23-30-24(22-5-2-12-35-22)31-34(23)25(28)29-20/h1-7,12-15H,8-11H2,(H2,28,29). The van der Waals surface area contributed by atoms with E-state index in [0.717, 1.165) is 17.3 Å². The Morgan fingerprint density at radius 2 is 1.69 bits per heavy atom. The Bertz CT molecular complexity index is 1510. The fraction of sp³-hybridized carbons (Fsp3) is 0.160. The third kappa shape index (κ3) is 3.92. The predicted molar refractivity (Wildman–Crippen MR) is 129 cm³/mol. The molecule has 5 aromatic rings. The van der Waals surface area contributed by atoms with Gasteiger partial charge in [-0.3, -0.25) is 0 Å². The van der Waals surface area contributed by atoms with E-state index in [1.54, 1.807) is 18.4 Å². The molecule has 8 nitrogen and oxygen atoms in total. The lowest BCUT2D eigenvalue weighted by atomic mass is 10.1. The van der Waals surface area contributed by atoms with Crippen molar-refractivity contribution < 1.29 is 13.2 Å². The predicted octanol–water partition coefficient (Wildman–Crippen LogP) is 4.24. The molecule has 0 amide bonds. The molecule has 3 aromatic heterocycles. The summed E-state index contributed by atoms with van der Waals surface area (Å²) in [6.45, 7) is 2.65. The van der Waals surface area contributed by atoms with Crippen LogP contribution in [0.2, 0.25) is 0 Å². The molecule has 1 aliphatic rings. The lowest BCUT2D eigenvalue weighted by molar-refractivity contribution is 0.570. The maximum absolute atomic E-state index is 14.2. The summed E-state index contributed by atoms with van der Waals surface area (Å²) in [5, 5.41) is 4.39. The molecule has 6 rings (SSSR count). The quantitative estimate of drug-likeness (QED) is 0.418. The van der Waals surface area contributed by atoms with Gasteiger partial charge in [-0.1, -0.05) is 12.1 Å². The summed E-state index contributed by atoms with van der Waals surface area (Å²) in [5.74, 6) is 0.102. The Labute approximate surface area is 199 Å². The molecule has 2 aromatic carbocycles. The van der Waals surface area contributed by atoms with Gasteiger partial charge in [0.2, 0.25) is 11.8 Å². The largest absolute Gasteiger partial charge is 0.461 e. The highest BCUT2D eigenvalue weighted by molar-refractivity contribution is 5.70. The topological polar surface area (TPSA) is 88.7 Å². The monoisotopic (exact) mass is 473 g/mol. The first-order valence-electron chi connectivity index (χ1n) is 11.2. The summed E-state index contributed by atoms with van der Waals surface area (Å²) in [6.07, 6.45) is 1.57. The van der Waals surface area contributed by atoms with E-state index < -0.39 is 11.6 Å². The molecule has 1 fully saturated rings. The van der Waals surface area contributed by atoms with Crippen molar-refractivity contribution in [3.8, 4) is 22.8 Å². The van der Waals surface area contributed by atoms with Gasteiger partial charge in [-0.15, -0.1) is 5.10 Å². The minimum atomic E-state index is -0.572. The molecule has 1 saturated heterocycles. The maximum Gasteiger partial charge on any atom is 0.223 e. The summed E-state index contributed by atoms with van der Waals surface area (Å²) in [4.78, 5) is 13.2. The number of fused-ring (bicyclic) bond motifs is 1. The smallest absolute Gasteiger partial charge is 0.223 e. The average molecular weight is 473 g/mol. The summed E-state index contributed by atoms with van der Waals surface area (Å²) >= 11 is 0. The molecule has 0 saturated carbocycles. The van der Waals surface area contributed by atoms with Crippen LogP contribution in [0.25, 0.3) is 28.5 Å². The number of nitrogens with two attached hydrogens (primary N) is 1. The second-order valence-corrected chi connectivity index (χ2v) is 8.30. The maximum atomic E-state index is 14.2. The fourth-order valence-electron chi connectivity index (χ4n) is 4.37. The SMILES string of the molecule is Nc1nc(-c2cccc(N3CCN(c4ccc(F)cc4F)CC3)c2)cc2nc(-c3ccco3)nn12. The molecule has 0 bridgehead atoms. The number of benzene rings is 2. The molecule has 10 heteroatoms. The number of rotatable bonds is 4. The van der Waals surface area contributed by atoms with Crippen molar-refractivity contribution in [2.75, 3.05) is 41.7 Å². The fourth-order valence-corrected chi connectivity index (χ4v) is 4.37. The summed E-state index contributed by atoms with van der Waals surface area (Å²) < 4.78 is 34.3. The molecule has 176 valence electrons. The normalized spacial score (nSPS) is 14.1. The van der Waals surface area contributed by atoms with Crippen molar-refractivity contribution in [1.82, 2.24) is 19.6 Å². The molecule has 0 unspecified atom stereocenters. The highest BCUT2D eigenvalue weighted by Gasteiger charge is 2.21. The third-order valence-electron chi connectivity index (χ3n) is 6.13. The second kappa shape index (κ2) is 8.39. The number of hydrogen-bond donors (Lipinski definition) is 1. The van der Waals surface area contributed by atoms with Gasteiger partial charge in [-0.05, 0) is 36.4 Å². The summed E-state index contributed by atoms with van der Waals surface area (Å²) in [7, 11) is 0. The molecule has 0 radical (unpaired) electrons. The van der Waals surface area contributed by atoms with Gasteiger partial charge in [-0.25, -0.2) is 18.7 Å². The van der Waals surface area contributed by atoms with E-state index in [4.69, 9.17) is 10.2 Å². The first-order valence-corrected chi connectivity index (χ1v) is 11.2. The number of halogens is 2. The first-order chi connectivity index (χ1) is 17.0. The van der Waals surface area contributed by atoms with E-state index in [0.29, 0.717) is 54.8 Å². The molecule has 1 aliphatic heterocycles. The highest BCUT2D eigenvalue weighted by atomic mass is 19.1. The van der Waals surface area contributed by atoms with Crippen molar-refractivity contribution in [2.24, 2.45) is 0 Å². The number of anilines is 3. The molecular weight excluding hydrogens is 452 g/mol. The minimum absolute atomic E-state index is 0.225. The zero-order valence-corrected chi connectivity index (χ0v) is 18.6. The highest BCUT2D eigenvalue weighted by Crippen LogP contribution is 2.28. The number of nitrogen functional groups attached to an aromatic ring is 1. The van der Waals surface area contributed by atoms with Gasteiger partial charge in [0, 0.05) is 49.6 Å². The molecule has 4 heterocycles. The van der Waals surface area contributed by atoms with E-state index in [2.05, 4.69) is 26.0 Å². The van der Waals surface area contributed by atoms with E-state index in [1.807, 2.05) is 29.2 Å². The van der Waals surface area contributed by atoms with E-state index in [1.165, 1.54) is 16.6 Å². The van der Waals surface area contributed by atoms with Crippen LogP contribution in [-0.2, 0) is 0 Å². The van der Waals surface area contributed by atoms with Gasteiger partial charge in [0.15, 0.2) is 11.4 Å². The van der Waals surface area contributed by atoms with Crippen LogP contribution in [0.3, 0.4) is 0 Å². The van der Waals surface area contributed by atoms with Crippen molar-refractivity contribution in [2.45, 2.75) is 0 Å². The van der Waals surface area contributed by atoms with E-state index in [-0.39, 0.29) is 5.95 Å². The van der Waals surface area contributed by atoms with Crippen LogP contribution in [0.5, 0.6) is 0 Å². The number of nitrogens with zero attached hydrogens (tertiary/aromatic N) is 6. The molecular formula is C25H21F2N7O. The lowest BCUT2D eigenvalue weighted by Crippen LogP contribution is -2.46. The van der Waals surface area contributed by atoms with Crippen molar-refractivity contribution in [3.63, 3.8) is 0 Å². The average Bonchev–Trinajstić information content (AvgIpc) is 3.55. The number of hydrogen-bond acceptors (Lipinski definition) is 7. The first kappa shape index (κ1) is 21.1. The van der Waals surface area contributed by atoms with Crippen LogP contribution in [-0.4, -0.2) is 45.8 Å². The molecule has 2 N–H and O–H groups in total. The van der Waals surface area contributed by atoms with Crippen molar-refractivity contribution in [1.29, 1.82) is 0 Å². The van der Waals surface area contributed by atoms with Gasteiger partial charge in [0.05, 0.1) is 17.6 Å². The zero-order valence-electron chi connectivity index (χ0n) is 18.6. The van der Waals surface area contributed by atoms with E-state index in [9.17, 15) is 8.78 Å². The molecule has 0 atom stereocenters. The van der Waals surface area contributed by atoms with Crippen molar-refractivity contribution in [3.05, 3.63) is 78.6 Å². The summed E-state index contributed by atoms with van der Waals surface area (Å²) in [6, 6.07) is 17.1. The Kier molecular flexibility index (Phi) is 5.05. The summed E-state index contributed by atoms with van der Waals surface area (Å²) in [5.41, 5.74) is 9.78. The molecule has 35 heavy (non-hydrogen) atoms. The van der Waals surface area contributed by atoms with Gasteiger partial charge in [-0.2, -0.15) is 4.52 Å². The number of aromatic nitrogens is 4. The van der Waals surface area contributed by atoms with Crippen LogP contribution in [0.15, 0.2) is 71.3 Å². The Hall–Kier alpha value is -4.47. The Balaban J connectivity index is 1.24. The number of piperazine rings is 1. The number of furan rings is 1. The van der Waals surface area contributed by atoms with Gasteiger partial charge in [0.25, 0.3) is 0 Å². The van der Waals surface area contributed by atoms with Gasteiger partial charge >= 0.3 is 0 Å².